The molecule has 0 saturated heterocycles. The van der Waals surface area contributed by atoms with Gasteiger partial charge < -0.3 is 16.8 Å². The minimum atomic E-state index is -0.567. The summed E-state index contributed by atoms with van der Waals surface area (Å²) >= 11 is 0. The minimum Gasteiger partial charge on any atom is -0.397 e. The van der Waals surface area contributed by atoms with Crippen LogP contribution in [0.5, 0.6) is 0 Å². The molecule has 0 atom stereocenters. The van der Waals surface area contributed by atoms with Crippen LogP contribution >= 0.6 is 0 Å². The summed E-state index contributed by atoms with van der Waals surface area (Å²) in [5, 5.41) is 3.12. The van der Waals surface area contributed by atoms with Gasteiger partial charge in [-0.15, -0.1) is 0 Å². The highest BCUT2D eigenvalue weighted by atomic mass is 16.1. The van der Waals surface area contributed by atoms with Crippen molar-refractivity contribution in [1.82, 2.24) is 4.98 Å². The Labute approximate surface area is 105 Å². The van der Waals surface area contributed by atoms with Crippen LogP contribution in [0.3, 0.4) is 0 Å². The molecule has 0 aliphatic carbocycles. The first kappa shape index (κ1) is 11.9. The van der Waals surface area contributed by atoms with E-state index in [1.54, 1.807) is 6.07 Å². The highest BCUT2D eigenvalue weighted by Gasteiger charge is 2.08. The van der Waals surface area contributed by atoms with Crippen molar-refractivity contribution in [2.75, 3.05) is 11.1 Å². The number of rotatable bonds is 3. The van der Waals surface area contributed by atoms with E-state index in [0.29, 0.717) is 5.82 Å². The van der Waals surface area contributed by atoms with Gasteiger partial charge in [-0.05, 0) is 24.6 Å². The van der Waals surface area contributed by atoms with E-state index >= 15 is 0 Å². The average molecular weight is 242 g/mol. The van der Waals surface area contributed by atoms with Crippen molar-refractivity contribution in [2.45, 2.75) is 6.92 Å². The molecule has 1 heterocycles. The van der Waals surface area contributed by atoms with E-state index in [9.17, 15) is 4.79 Å². The summed E-state index contributed by atoms with van der Waals surface area (Å²) in [6, 6.07) is 9.32. The third kappa shape index (κ3) is 2.40. The molecular weight excluding hydrogens is 228 g/mol. The third-order valence-corrected chi connectivity index (χ3v) is 2.61. The molecule has 0 spiro atoms. The number of para-hydroxylation sites is 1. The lowest BCUT2D eigenvalue weighted by molar-refractivity contribution is 0.100. The number of nitrogens with zero attached hydrogens (tertiary/aromatic N) is 1. The lowest BCUT2D eigenvalue weighted by Gasteiger charge is -2.10. The largest absolute Gasteiger partial charge is 0.397 e. The molecule has 5 heteroatoms. The summed E-state index contributed by atoms with van der Waals surface area (Å²) in [5.74, 6) is -0.0324. The van der Waals surface area contributed by atoms with Gasteiger partial charge in [-0.25, -0.2) is 4.98 Å². The number of nitrogen functional groups attached to an aromatic ring is 1. The van der Waals surface area contributed by atoms with Crippen LogP contribution in [-0.2, 0) is 0 Å². The molecule has 0 fully saturated rings. The van der Waals surface area contributed by atoms with Crippen LogP contribution in [0.4, 0.5) is 17.2 Å². The number of benzene rings is 1. The Morgan fingerprint density at radius 2 is 2.06 bits per heavy atom. The highest BCUT2D eigenvalue weighted by molar-refractivity contribution is 5.98. The quantitative estimate of drug-likeness (QED) is 0.765. The van der Waals surface area contributed by atoms with Gasteiger partial charge in [0.25, 0.3) is 5.91 Å². The maximum absolute atomic E-state index is 11.2. The fourth-order valence-corrected chi connectivity index (χ4v) is 1.60. The predicted molar refractivity (Wildman–Crippen MR) is 71.6 cm³/mol. The lowest BCUT2D eigenvalue weighted by atomic mass is 10.2. The van der Waals surface area contributed by atoms with Crippen molar-refractivity contribution in [2.24, 2.45) is 5.73 Å². The fourth-order valence-electron chi connectivity index (χ4n) is 1.60. The van der Waals surface area contributed by atoms with Crippen LogP contribution in [0.25, 0.3) is 0 Å². The normalized spacial score (nSPS) is 10.1. The number of aromatic nitrogens is 1. The van der Waals surface area contributed by atoms with Gasteiger partial charge in [0.1, 0.15) is 5.82 Å². The lowest BCUT2D eigenvalue weighted by Crippen LogP contribution is -2.14. The molecule has 2 rings (SSSR count). The van der Waals surface area contributed by atoms with Gasteiger partial charge in [0.2, 0.25) is 0 Å². The van der Waals surface area contributed by atoms with Gasteiger partial charge >= 0.3 is 0 Å². The second kappa shape index (κ2) is 4.75. The van der Waals surface area contributed by atoms with Crippen molar-refractivity contribution in [3.63, 3.8) is 0 Å². The number of carbonyl (C=O) groups is 1. The summed E-state index contributed by atoms with van der Waals surface area (Å²) in [5.41, 5.74) is 13.4. The summed E-state index contributed by atoms with van der Waals surface area (Å²) in [6.45, 7) is 1.98. The van der Waals surface area contributed by atoms with Crippen molar-refractivity contribution in [3.05, 3.63) is 47.7 Å². The first-order valence-electron chi connectivity index (χ1n) is 5.46. The van der Waals surface area contributed by atoms with Crippen LogP contribution in [0, 0.1) is 6.92 Å². The monoisotopic (exact) mass is 242 g/mol. The van der Waals surface area contributed by atoms with E-state index < -0.39 is 5.91 Å². The van der Waals surface area contributed by atoms with Gasteiger partial charge in [0.05, 0.1) is 17.4 Å². The van der Waals surface area contributed by atoms with Crippen LogP contribution in [0.1, 0.15) is 15.9 Å². The van der Waals surface area contributed by atoms with Crippen molar-refractivity contribution < 1.29 is 4.79 Å². The van der Waals surface area contributed by atoms with Gasteiger partial charge in [-0.3, -0.25) is 4.79 Å². The molecule has 0 saturated carbocycles. The number of carbonyl (C=O) groups excluding carboxylic acids is 1. The van der Waals surface area contributed by atoms with Gasteiger partial charge in [-0.2, -0.15) is 0 Å². The Bertz CT molecular complexity index is 595. The minimum absolute atomic E-state index is 0.265. The molecule has 2 aromatic rings. The Kier molecular flexibility index (Phi) is 3.14. The molecule has 1 amide bonds. The van der Waals surface area contributed by atoms with Gasteiger partial charge in [0.15, 0.2) is 0 Å². The smallest absolute Gasteiger partial charge is 0.250 e. The number of nitrogens with two attached hydrogens (primary N) is 2. The van der Waals surface area contributed by atoms with Gasteiger partial charge in [-0.1, -0.05) is 18.2 Å². The first-order chi connectivity index (χ1) is 8.58. The van der Waals surface area contributed by atoms with E-state index in [1.165, 1.54) is 6.20 Å². The second-order valence-corrected chi connectivity index (χ2v) is 3.96. The molecule has 92 valence electrons. The molecule has 0 radical (unpaired) electrons. The van der Waals surface area contributed by atoms with Crippen LogP contribution in [0.2, 0.25) is 0 Å². The number of hydrogen-bond acceptors (Lipinski definition) is 4. The number of primary amides is 1. The van der Waals surface area contributed by atoms with E-state index in [1.807, 2.05) is 31.2 Å². The Hall–Kier alpha value is -2.56. The van der Waals surface area contributed by atoms with E-state index in [2.05, 4.69) is 10.3 Å². The van der Waals surface area contributed by atoms with Crippen molar-refractivity contribution in [1.29, 1.82) is 0 Å². The zero-order chi connectivity index (χ0) is 13.1. The van der Waals surface area contributed by atoms with Crippen LogP contribution < -0.4 is 16.8 Å². The standard InChI is InChI=1S/C13H14N4O/c1-8-4-2-3-5-11(8)17-12-6-9(13(15)18)10(14)7-16-12/h2-7H,14H2,1H3,(H2,15,18)(H,16,17). The molecule has 5 N–H and O–H groups in total. The SMILES string of the molecule is Cc1ccccc1Nc1cc(C(N)=O)c(N)cn1. The van der Waals surface area contributed by atoms with E-state index in [-0.39, 0.29) is 11.3 Å². The molecule has 0 unspecified atom stereocenters. The number of nitrogens with one attached hydrogen (secondary N) is 1. The van der Waals surface area contributed by atoms with Crippen molar-refractivity contribution >= 4 is 23.1 Å². The summed E-state index contributed by atoms with van der Waals surface area (Å²) in [4.78, 5) is 15.3. The Morgan fingerprint density at radius 1 is 1.33 bits per heavy atom. The first-order valence-corrected chi connectivity index (χ1v) is 5.46. The number of aryl methyl sites for hydroxylation is 1. The molecule has 5 nitrogen and oxygen atoms in total. The molecule has 1 aromatic heterocycles. The summed E-state index contributed by atoms with van der Waals surface area (Å²) in [7, 11) is 0. The number of anilines is 3. The second-order valence-electron chi connectivity index (χ2n) is 3.96. The van der Waals surface area contributed by atoms with Crippen molar-refractivity contribution in [3.8, 4) is 0 Å². The molecule has 0 bridgehead atoms. The molecular formula is C13H14N4O. The van der Waals surface area contributed by atoms with Crippen LogP contribution in [-0.4, -0.2) is 10.9 Å². The van der Waals surface area contributed by atoms with Crippen LogP contribution in [0.15, 0.2) is 36.5 Å². The number of amides is 1. The van der Waals surface area contributed by atoms with E-state index in [4.69, 9.17) is 11.5 Å². The Balaban J connectivity index is 2.33. The zero-order valence-corrected chi connectivity index (χ0v) is 9.97. The summed E-state index contributed by atoms with van der Waals surface area (Å²) in [6.07, 6.45) is 1.42. The third-order valence-electron chi connectivity index (χ3n) is 2.61. The number of pyridine rings is 1. The van der Waals surface area contributed by atoms with Gasteiger partial charge in [0, 0.05) is 5.69 Å². The molecule has 0 aliphatic heterocycles. The Morgan fingerprint density at radius 3 is 2.72 bits per heavy atom. The van der Waals surface area contributed by atoms with E-state index in [0.717, 1.165) is 11.3 Å². The maximum atomic E-state index is 11.2. The molecule has 18 heavy (non-hydrogen) atoms. The maximum Gasteiger partial charge on any atom is 0.250 e. The molecule has 1 aromatic carbocycles. The highest BCUT2D eigenvalue weighted by Crippen LogP contribution is 2.21. The topological polar surface area (TPSA) is 94.0 Å². The summed E-state index contributed by atoms with van der Waals surface area (Å²) < 4.78 is 0. The molecule has 0 aliphatic rings. The fraction of sp³-hybridized carbons (Fsp3) is 0.0769. The average Bonchev–Trinajstić information content (AvgIpc) is 2.34. The zero-order valence-electron chi connectivity index (χ0n) is 9.97. The number of hydrogen-bond donors (Lipinski definition) is 3. The predicted octanol–water partition coefficient (Wildman–Crippen LogP) is 1.81.